The fraction of sp³-hybridized carbons (Fsp3) is 0.471. The molecule has 0 atom stereocenters. The first-order chi connectivity index (χ1) is 11.2. The Balaban J connectivity index is 3.26. The van der Waals surface area contributed by atoms with Crippen LogP contribution in [-0.2, 0) is 19.7 Å². The summed E-state index contributed by atoms with van der Waals surface area (Å²) in [6.07, 6.45) is 2.35. The fourth-order valence-corrected chi connectivity index (χ4v) is 1.72. The molecule has 1 rings (SSSR count). The Morgan fingerprint density at radius 3 is 2.54 bits per heavy atom. The summed E-state index contributed by atoms with van der Waals surface area (Å²) in [6.45, 7) is 9.35. The fourth-order valence-electron chi connectivity index (χ4n) is 1.72. The van der Waals surface area contributed by atoms with Crippen LogP contribution in [0.2, 0.25) is 0 Å². The van der Waals surface area contributed by atoms with E-state index in [0.29, 0.717) is 17.1 Å². The maximum Gasteiger partial charge on any atom is 0.427 e. The van der Waals surface area contributed by atoms with Crippen molar-refractivity contribution >= 4 is 23.9 Å². The number of methoxy groups -OCH3 is 1. The number of amides is 1. The van der Waals surface area contributed by atoms with Crippen LogP contribution in [-0.4, -0.2) is 31.5 Å². The zero-order chi connectivity index (χ0) is 18.3. The number of hydrogen-bond acceptors (Lipinski definition) is 6. The molecule has 0 aliphatic rings. The predicted octanol–water partition coefficient (Wildman–Crippen LogP) is 3.23. The monoisotopic (exact) mass is 336 g/mol. The van der Waals surface area contributed by atoms with E-state index < -0.39 is 6.09 Å². The summed E-state index contributed by atoms with van der Waals surface area (Å²) in [5.74, 6) is 0.986. The first-order valence-corrected chi connectivity index (χ1v) is 7.56. The molecule has 1 heterocycles. The van der Waals surface area contributed by atoms with E-state index in [9.17, 15) is 9.59 Å². The van der Waals surface area contributed by atoms with E-state index in [2.05, 4.69) is 10.5 Å². The van der Waals surface area contributed by atoms with Crippen molar-refractivity contribution in [3.05, 3.63) is 29.2 Å². The van der Waals surface area contributed by atoms with Crippen molar-refractivity contribution in [1.82, 2.24) is 5.43 Å². The number of nitrogens with one attached hydrogen (secondary N) is 1. The van der Waals surface area contributed by atoms with Crippen LogP contribution >= 0.6 is 0 Å². The second-order valence-electron chi connectivity index (χ2n) is 6.04. The Kier molecular flexibility index (Phi) is 6.76. The minimum Gasteiger partial charge on any atom is -0.477 e. The molecule has 0 bridgehead atoms. The molecule has 0 radical (unpaired) electrons. The Morgan fingerprint density at radius 2 is 2.04 bits per heavy atom. The van der Waals surface area contributed by atoms with Crippen LogP contribution in [0.25, 0.3) is 6.08 Å². The lowest BCUT2D eigenvalue weighted by Gasteiger charge is -2.14. The summed E-state index contributed by atoms with van der Waals surface area (Å²) in [4.78, 5) is 22.6. The molecule has 0 aliphatic carbocycles. The lowest BCUT2D eigenvalue weighted by Crippen LogP contribution is -2.21. The van der Waals surface area contributed by atoms with E-state index >= 15 is 0 Å². The largest absolute Gasteiger partial charge is 0.477 e. The Bertz CT molecular complexity index is 650. The standard InChI is InChI=1S/C17H24N2O5/c1-7-23-16(21)19-18-15(22-6)14-12(9-8-11(2)20)10-13(24-14)17(3,4)5/h8-10H,7H2,1-6H3,(H,19,21)/b9-8?,18-15+. The van der Waals surface area contributed by atoms with Crippen LogP contribution in [0.1, 0.15) is 51.7 Å². The smallest absolute Gasteiger partial charge is 0.427 e. The molecule has 24 heavy (non-hydrogen) atoms. The third-order valence-electron chi connectivity index (χ3n) is 2.91. The molecule has 7 heteroatoms. The number of allylic oxidation sites excluding steroid dienone is 1. The number of ketones is 1. The van der Waals surface area contributed by atoms with Gasteiger partial charge in [0, 0.05) is 11.0 Å². The molecular weight excluding hydrogens is 312 g/mol. The lowest BCUT2D eigenvalue weighted by molar-refractivity contribution is -0.112. The van der Waals surface area contributed by atoms with Gasteiger partial charge in [0.1, 0.15) is 5.76 Å². The zero-order valence-electron chi connectivity index (χ0n) is 14.9. The van der Waals surface area contributed by atoms with E-state index in [-0.39, 0.29) is 23.7 Å². The highest BCUT2D eigenvalue weighted by Gasteiger charge is 2.24. The van der Waals surface area contributed by atoms with Gasteiger partial charge in [-0.3, -0.25) is 4.79 Å². The molecular formula is C17H24N2O5. The molecule has 1 N–H and O–H groups in total. The van der Waals surface area contributed by atoms with Gasteiger partial charge in [0.2, 0.25) is 0 Å². The van der Waals surface area contributed by atoms with E-state index in [1.165, 1.54) is 20.1 Å². The minimum atomic E-state index is -0.699. The zero-order valence-corrected chi connectivity index (χ0v) is 14.9. The summed E-state index contributed by atoms with van der Waals surface area (Å²) >= 11 is 0. The molecule has 0 fully saturated rings. The molecule has 0 aromatic carbocycles. The minimum absolute atomic E-state index is 0.0711. The summed E-state index contributed by atoms with van der Waals surface area (Å²) in [5, 5.41) is 3.87. The molecule has 0 saturated heterocycles. The average molecular weight is 336 g/mol. The molecule has 1 aromatic rings. The van der Waals surface area contributed by atoms with Gasteiger partial charge in [0.15, 0.2) is 11.5 Å². The van der Waals surface area contributed by atoms with Crippen LogP contribution in [0.4, 0.5) is 4.79 Å². The van der Waals surface area contributed by atoms with Crippen molar-refractivity contribution in [2.24, 2.45) is 5.10 Å². The van der Waals surface area contributed by atoms with Crippen molar-refractivity contribution in [2.45, 2.75) is 40.0 Å². The van der Waals surface area contributed by atoms with E-state index in [4.69, 9.17) is 13.9 Å². The number of furan rings is 1. The highest BCUT2D eigenvalue weighted by Crippen LogP contribution is 2.28. The second kappa shape index (κ2) is 8.33. The third-order valence-corrected chi connectivity index (χ3v) is 2.91. The molecule has 7 nitrogen and oxygen atoms in total. The van der Waals surface area contributed by atoms with Gasteiger partial charge in [0.05, 0.1) is 13.7 Å². The van der Waals surface area contributed by atoms with Crippen LogP contribution < -0.4 is 5.43 Å². The Labute approximate surface area is 141 Å². The summed E-state index contributed by atoms with van der Waals surface area (Å²) in [5.41, 5.74) is 2.60. The molecule has 0 unspecified atom stereocenters. The maximum absolute atomic E-state index is 11.4. The quantitative estimate of drug-likeness (QED) is 0.386. The summed E-state index contributed by atoms with van der Waals surface area (Å²) in [6, 6.07) is 1.81. The van der Waals surface area contributed by atoms with Crippen LogP contribution in [0.3, 0.4) is 0 Å². The SMILES string of the molecule is CCOC(=O)N/N=C(/OC)c1oc(C(C)(C)C)cc1C=CC(C)=O. The number of hydrogen-bond donors (Lipinski definition) is 1. The highest BCUT2D eigenvalue weighted by molar-refractivity contribution is 5.98. The average Bonchev–Trinajstić information content (AvgIpc) is 2.90. The van der Waals surface area contributed by atoms with Gasteiger partial charge in [-0.05, 0) is 32.1 Å². The first kappa shape index (κ1) is 19.5. The number of nitrogens with zero attached hydrogens (tertiary/aromatic N) is 1. The summed E-state index contributed by atoms with van der Waals surface area (Å²) < 4.78 is 15.8. The normalized spacial score (nSPS) is 12.3. The van der Waals surface area contributed by atoms with Crippen molar-refractivity contribution in [3.63, 3.8) is 0 Å². The number of carbonyl (C=O) groups excluding carboxylic acids is 2. The molecule has 1 aromatic heterocycles. The topological polar surface area (TPSA) is 90.1 Å². The molecule has 0 spiro atoms. The predicted molar refractivity (Wildman–Crippen MR) is 90.8 cm³/mol. The van der Waals surface area contributed by atoms with Crippen molar-refractivity contribution < 1.29 is 23.5 Å². The highest BCUT2D eigenvalue weighted by atomic mass is 16.6. The van der Waals surface area contributed by atoms with Crippen molar-refractivity contribution in [2.75, 3.05) is 13.7 Å². The van der Waals surface area contributed by atoms with Gasteiger partial charge in [-0.1, -0.05) is 20.8 Å². The molecule has 132 valence electrons. The van der Waals surface area contributed by atoms with E-state index in [0.717, 1.165) is 0 Å². The van der Waals surface area contributed by atoms with Gasteiger partial charge in [0.25, 0.3) is 5.90 Å². The van der Waals surface area contributed by atoms with Crippen molar-refractivity contribution in [1.29, 1.82) is 0 Å². The van der Waals surface area contributed by atoms with E-state index in [1.807, 2.05) is 26.8 Å². The lowest BCUT2D eigenvalue weighted by atomic mass is 9.93. The van der Waals surface area contributed by atoms with Crippen LogP contribution in [0.15, 0.2) is 21.7 Å². The van der Waals surface area contributed by atoms with Crippen LogP contribution in [0, 0.1) is 0 Å². The molecule has 0 aliphatic heterocycles. The number of rotatable bonds is 5. The number of hydrazone groups is 1. The number of ether oxygens (including phenoxy) is 2. The van der Waals surface area contributed by atoms with Gasteiger partial charge < -0.3 is 13.9 Å². The molecule has 1 amide bonds. The maximum atomic E-state index is 11.4. The third kappa shape index (κ3) is 5.57. The first-order valence-electron chi connectivity index (χ1n) is 7.56. The second-order valence-corrected chi connectivity index (χ2v) is 6.04. The van der Waals surface area contributed by atoms with Crippen molar-refractivity contribution in [3.8, 4) is 0 Å². The van der Waals surface area contributed by atoms with Gasteiger partial charge in [-0.2, -0.15) is 0 Å². The van der Waals surface area contributed by atoms with Gasteiger partial charge in [-0.25, -0.2) is 10.2 Å². The van der Waals surface area contributed by atoms with E-state index in [1.54, 1.807) is 13.0 Å². The Hall–Kier alpha value is -2.57. The number of carbonyl (C=O) groups is 2. The Morgan fingerprint density at radius 1 is 1.38 bits per heavy atom. The van der Waals surface area contributed by atoms with Gasteiger partial charge >= 0.3 is 6.09 Å². The summed E-state index contributed by atoms with van der Waals surface area (Å²) in [7, 11) is 1.41. The van der Waals surface area contributed by atoms with Gasteiger partial charge in [-0.15, -0.1) is 5.10 Å². The molecule has 0 saturated carbocycles. The van der Waals surface area contributed by atoms with Crippen LogP contribution in [0.5, 0.6) is 0 Å².